The minimum atomic E-state index is -0.334. The summed E-state index contributed by atoms with van der Waals surface area (Å²) in [6.07, 6.45) is 2.44. The molecule has 1 fully saturated rings. The fourth-order valence-corrected chi connectivity index (χ4v) is 1.97. The summed E-state index contributed by atoms with van der Waals surface area (Å²) in [5, 5.41) is 12.7. The highest BCUT2D eigenvalue weighted by Gasteiger charge is 2.30. The van der Waals surface area contributed by atoms with E-state index in [0.29, 0.717) is 0 Å². The first-order valence-electron chi connectivity index (χ1n) is 5.25. The van der Waals surface area contributed by atoms with Crippen LogP contribution >= 0.6 is 0 Å². The number of amides is 1. The molecule has 0 bridgehead atoms. The van der Waals surface area contributed by atoms with Gasteiger partial charge in [0.15, 0.2) is 0 Å². The van der Waals surface area contributed by atoms with Gasteiger partial charge in [-0.2, -0.15) is 0 Å². The van der Waals surface area contributed by atoms with Crippen LogP contribution in [0.25, 0.3) is 0 Å². The zero-order chi connectivity index (χ0) is 10.7. The van der Waals surface area contributed by atoms with E-state index in [2.05, 4.69) is 5.32 Å². The third-order valence-electron chi connectivity index (χ3n) is 2.85. The number of nitrogens with one attached hydrogen (secondary N) is 1. The Morgan fingerprint density at radius 1 is 1.50 bits per heavy atom. The van der Waals surface area contributed by atoms with Gasteiger partial charge in [-0.15, -0.1) is 0 Å². The van der Waals surface area contributed by atoms with Crippen LogP contribution in [0, 0.1) is 5.92 Å². The van der Waals surface area contributed by atoms with E-state index >= 15 is 0 Å². The fourth-order valence-electron chi connectivity index (χ4n) is 1.97. The third-order valence-corrected chi connectivity index (χ3v) is 2.85. The van der Waals surface area contributed by atoms with Crippen LogP contribution in [0.3, 0.4) is 0 Å². The highest BCUT2D eigenvalue weighted by Crippen LogP contribution is 2.20. The maximum absolute atomic E-state index is 11.1. The zero-order valence-corrected chi connectivity index (χ0v) is 8.86. The van der Waals surface area contributed by atoms with Crippen molar-refractivity contribution in [3.8, 4) is 0 Å². The van der Waals surface area contributed by atoms with Gasteiger partial charge >= 0.3 is 0 Å². The van der Waals surface area contributed by atoms with Gasteiger partial charge in [0.1, 0.15) is 0 Å². The van der Waals surface area contributed by atoms with Crippen molar-refractivity contribution < 1.29 is 9.90 Å². The van der Waals surface area contributed by atoms with Crippen LogP contribution in [0.1, 0.15) is 33.1 Å². The van der Waals surface area contributed by atoms with Crippen molar-refractivity contribution in [2.75, 3.05) is 0 Å². The monoisotopic (exact) mass is 200 g/mol. The van der Waals surface area contributed by atoms with E-state index in [1.807, 2.05) is 13.8 Å². The predicted molar refractivity (Wildman–Crippen MR) is 54.6 cm³/mol. The van der Waals surface area contributed by atoms with E-state index in [9.17, 15) is 9.90 Å². The van der Waals surface area contributed by atoms with Crippen molar-refractivity contribution in [3.05, 3.63) is 0 Å². The molecule has 1 aliphatic rings. The highest BCUT2D eigenvalue weighted by molar-refractivity contribution is 5.80. The summed E-state index contributed by atoms with van der Waals surface area (Å²) in [6, 6.07) is -0.289. The molecule has 0 heterocycles. The average molecular weight is 200 g/mol. The van der Waals surface area contributed by atoms with E-state index in [4.69, 9.17) is 5.73 Å². The highest BCUT2D eigenvalue weighted by atomic mass is 16.3. The van der Waals surface area contributed by atoms with Gasteiger partial charge in [0.2, 0.25) is 5.91 Å². The molecule has 0 spiro atoms. The van der Waals surface area contributed by atoms with Crippen LogP contribution in [0.15, 0.2) is 0 Å². The molecule has 1 aliphatic carbocycles. The summed E-state index contributed by atoms with van der Waals surface area (Å²) in [4.78, 5) is 11.1. The van der Waals surface area contributed by atoms with Gasteiger partial charge in [-0.05, 0) is 25.2 Å². The predicted octanol–water partition coefficient (Wildman–Crippen LogP) is -0.000700. The standard InChI is InChI=1S/C10H20N2O2/c1-6(2)9(10(11)14)12-7-4-3-5-8(7)13/h6-9,12-13H,3-5H2,1-2H3,(H2,11,14)/t7-,8-,9?/m0/s1. The van der Waals surface area contributed by atoms with Crippen LogP contribution < -0.4 is 11.1 Å². The van der Waals surface area contributed by atoms with Gasteiger partial charge in [0.25, 0.3) is 0 Å². The first-order chi connectivity index (χ1) is 6.52. The molecule has 4 nitrogen and oxygen atoms in total. The molecule has 0 aromatic rings. The molecule has 3 atom stereocenters. The second-order valence-electron chi connectivity index (χ2n) is 4.40. The summed E-state index contributed by atoms with van der Waals surface area (Å²) < 4.78 is 0. The molecule has 4 heteroatoms. The van der Waals surface area contributed by atoms with Crippen molar-refractivity contribution in [2.24, 2.45) is 11.7 Å². The molecule has 0 aromatic heterocycles. The van der Waals surface area contributed by atoms with Gasteiger partial charge in [-0.3, -0.25) is 4.79 Å². The van der Waals surface area contributed by atoms with Crippen LogP contribution in [0.4, 0.5) is 0 Å². The van der Waals surface area contributed by atoms with Gasteiger partial charge in [-0.1, -0.05) is 13.8 Å². The van der Waals surface area contributed by atoms with Gasteiger partial charge in [-0.25, -0.2) is 0 Å². The average Bonchev–Trinajstić information content (AvgIpc) is 2.46. The van der Waals surface area contributed by atoms with Gasteiger partial charge < -0.3 is 16.2 Å². The lowest BCUT2D eigenvalue weighted by molar-refractivity contribution is -0.121. The summed E-state index contributed by atoms with van der Waals surface area (Å²) >= 11 is 0. The van der Waals surface area contributed by atoms with Crippen molar-refractivity contribution >= 4 is 5.91 Å². The lowest BCUT2D eigenvalue weighted by Gasteiger charge is -2.25. The lowest BCUT2D eigenvalue weighted by Crippen LogP contribution is -2.51. The number of carbonyl (C=O) groups excluding carboxylic acids is 1. The number of carbonyl (C=O) groups is 1. The summed E-state index contributed by atoms with van der Waals surface area (Å²) in [6.45, 7) is 3.90. The Morgan fingerprint density at radius 3 is 2.50 bits per heavy atom. The normalized spacial score (nSPS) is 29.4. The number of primary amides is 1. The molecule has 1 amide bonds. The van der Waals surface area contributed by atoms with E-state index in [1.54, 1.807) is 0 Å². The number of rotatable bonds is 4. The lowest BCUT2D eigenvalue weighted by atomic mass is 10.0. The van der Waals surface area contributed by atoms with Crippen LogP contribution in [-0.4, -0.2) is 29.2 Å². The van der Waals surface area contributed by atoms with E-state index in [-0.39, 0.29) is 30.0 Å². The third kappa shape index (κ3) is 2.69. The number of nitrogens with two attached hydrogens (primary N) is 1. The van der Waals surface area contributed by atoms with Crippen LogP contribution in [-0.2, 0) is 4.79 Å². The van der Waals surface area contributed by atoms with E-state index in [1.165, 1.54) is 0 Å². The minimum Gasteiger partial charge on any atom is -0.392 e. The summed E-state index contributed by atoms with van der Waals surface area (Å²) in [5.41, 5.74) is 5.28. The van der Waals surface area contributed by atoms with Crippen LogP contribution in [0.5, 0.6) is 0 Å². The number of hydrogen-bond acceptors (Lipinski definition) is 3. The van der Waals surface area contributed by atoms with Gasteiger partial charge in [0, 0.05) is 6.04 Å². The molecular weight excluding hydrogens is 180 g/mol. The Hall–Kier alpha value is -0.610. The molecule has 82 valence electrons. The van der Waals surface area contributed by atoms with Crippen molar-refractivity contribution in [1.82, 2.24) is 5.32 Å². The van der Waals surface area contributed by atoms with Crippen molar-refractivity contribution in [3.63, 3.8) is 0 Å². The maximum Gasteiger partial charge on any atom is 0.234 e. The maximum atomic E-state index is 11.1. The molecule has 1 unspecified atom stereocenters. The SMILES string of the molecule is CC(C)C(N[C@H]1CCC[C@@H]1O)C(N)=O. The molecular formula is C10H20N2O2. The van der Waals surface area contributed by atoms with Crippen molar-refractivity contribution in [2.45, 2.75) is 51.3 Å². The topological polar surface area (TPSA) is 75.3 Å². The van der Waals surface area contributed by atoms with Gasteiger partial charge in [0.05, 0.1) is 12.1 Å². The number of aliphatic hydroxyl groups excluding tert-OH is 1. The quantitative estimate of drug-likeness (QED) is 0.598. The van der Waals surface area contributed by atoms with E-state index < -0.39 is 0 Å². The smallest absolute Gasteiger partial charge is 0.234 e. The Labute approximate surface area is 84.9 Å². The molecule has 0 saturated heterocycles. The largest absolute Gasteiger partial charge is 0.392 e. The minimum absolute atomic E-state index is 0.0369. The van der Waals surface area contributed by atoms with Crippen LogP contribution in [0.2, 0.25) is 0 Å². The molecule has 0 aliphatic heterocycles. The zero-order valence-electron chi connectivity index (χ0n) is 8.86. The molecule has 4 N–H and O–H groups in total. The molecule has 0 radical (unpaired) electrons. The number of aliphatic hydroxyl groups is 1. The number of hydrogen-bond donors (Lipinski definition) is 3. The molecule has 1 rings (SSSR count). The Kier molecular flexibility index (Phi) is 3.89. The fraction of sp³-hybridized carbons (Fsp3) is 0.900. The second-order valence-corrected chi connectivity index (χ2v) is 4.40. The van der Waals surface area contributed by atoms with Crippen molar-refractivity contribution in [1.29, 1.82) is 0 Å². The molecule has 0 aromatic carbocycles. The summed E-state index contributed by atoms with van der Waals surface area (Å²) in [7, 11) is 0. The Bertz CT molecular complexity index is 206. The first-order valence-corrected chi connectivity index (χ1v) is 5.25. The first kappa shape index (κ1) is 11.5. The second kappa shape index (κ2) is 4.75. The Morgan fingerprint density at radius 2 is 2.14 bits per heavy atom. The summed E-state index contributed by atoms with van der Waals surface area (Å²) in [5.74, 6) is -0.167. The molecule has 1 saturated carbocycles. The van der Waals surface area contributed by atoms with E-state index in [0.717, 1.165) is 19.3 Å². The molecule has 14 heavy (non-hydrogen) atoms. The Balaban J connectivity index is 2.50.